The van der Waals surface area contributed by atoms with Crippen LogP contribution in [0.3, 0.4) is 0 Å². The highest BCUT2D eigenvalue weighted by Gasteiger charge is 2.20. The molecule has 0 radical (unpaired) electrons. The summed E-state index contributed by atoms with van der Waals surface area (Å²) in [5, 5.41) is 3.12. The maximum atomic E-state index is 13.5. The summed E-state index contributed by atoms with van der Waals surface area (Å²) in [5.74, 6) is 1.61. The fraction of sp³-hybridized carbons (Fsp3) is 0.474. The van der Waals surface area contributed by atoms with Gasteiger partial charge in [-0.2, -0.15) is 0 Å². The Morgan fingerprint density at radius 2 is 1.90 bits per heavy atom. The Hall–Kier alpha value is -2.46. The minimum atomic E-state index is -3.91. The third-order valence-corrected chi connectivity index (χ3v) is 6.13. The standard InChI is InChI=1S/C19H26FN5O3S/c1-14-23-18(13-19(24-14)25-10-4-3-5-11-25)21-8-9-22-29(26,27)17-12-15(20)6-7-16(17)28-2/h6-7,12-13,22H,3-5,8-11H2,1-2H3,(H,21,23,24). The number of aromatic nitrogens is 2. The van der Waals surface area contributed by atoms with Crippen LogP contribution in [0.25, 0.3) is 0 Å². The number of rotatable bonds is 8. The number of piperidine rings is 1. The van der Waals surface area contributed by atoms with Gasteiger partial charge in [0, 0.05) is 32.2 Å². The van der Waals surface area contributed by atoms with Crippen molar-refractivity contribution >= 4 is 21.7 Å². The first-order valence-corrected chi connectivity index (χ1v) is 11.0. The highest BCUT2D eigenvalue weighted by molar-refractivity contribution is 7.89. The first-order chi connectivity index (χ1) is 13.9. The van der Waals surface area contributed by atoms with Crippen molar-refractivity contribution in [3.8, 4) is 5.75 Å². The van der Waals surface area contributed by atoms with E-state index >= 15 is 0 Å². The van der Waals surface area contributed by atoms with Crippen molar-refractivity contribution in [1.29, 1.82) is 0 Å². The number of hydrogen-bond donors (Lipinski definition) is 2. The molecule has 0 bridgehead atoms. The molecule has 29 heavy (non-hydrogen) atoms. The smallest absolute Gasteiger partial charge is 0.244 e. The quantitative estimate of drug-likeness (QED) is 0.629. The van der Waals surface area contributed by atoms with E-state index in [1.54, 1.807) is 0 Å². The lowest BCUT2D eigenvalue weighted by Gasteiger charge is -2.28. The minimum absolute atomic E-state index is 0.0875. The van der Waals surface area contributed by atoms with Crippen LogP contribution in [0.4, 0.5) is 16.0 Å². The lowest BCUT2D eigenvalue weighted by atomic mass is 10.1. The molecule has 1 saturated heterocycles. The van der Waals surface area contributed by atoms with Gasteiger partial charge in [-0.05, 0) is 44.4 Å². The molecule has 1 aromatic carbocycles. The number of methoxy groups -OCH3 is 1. The van der Waals surface area contributed by atoms with Crippen molar-refractivity contribution in [2.75, 3.05) is 43.5 Å². The molecule has 0 saturated carbocycles. The number of nitrogens with one attached hydrogen (secondary N) is 2. The fourth-order valence-electron chi connectivity index (χ4n) is 3.24. The van der Waals surface area contributed by atoms with Crippen molar-refractivity contribution in [1.82, 2.24) is 14.7 Å². The van der Waals surface area contributed by atoms with E-state index in [4.69, 9.17) is 4.74 Å². The van der Waals surface area contributed by atoms with E-state index in [9.17, 15) is 12.8 Å². The summed E-state index contributed by atoms with van der Waals surface area (Å²) in [6.45, 7) is 4.20. The summed E-state index contributed by atoms with van der Waals surface area (Å²) >= 11 is 0. The van der Waals surface area contributed by atoms with Crippen molar-refractivity contribution in [2.24, 2.45) is 0 Å². The van der Waals surface area contributed by atoms with Crippen LogP contribution in [0, 0.1) is 12.7 Å². The monoisotopic (exact) mass is 423 g/mol. The molecule has 2 N–H and O–H groups in total. The first kappa shape index (κ1) is 21.3. The van der Waals surface area contributed by atoms with E-state index in [1.165, 1.54) is 19.6 Å². The third kappa shape index (κ3) is 5.54. The summed E-state index contributed by atoms with van der Waals surface area (Å²) in [6.07, 6.45) is 3.54. The van der Waals surface area contributed by atoms with E-state index in [-0.39, 0.29) is 17.2 Å². The molecule has 1 aliphatic rings. The van der Waals surface area contributed by atoms with Crippen LogP contribution in [0.15, 0.2) is 29.2 Å². The van der Waals surface area contributed by atoms with Gasteiger partial charge in [-0.1, -0.05) is 0 Å². The zero-order valence-electron chi connectivity index (χ0n) is 16.6. The van der Waals surface area contributed by atoms with Crippen LogP contribution in [0.2, 0.25) is 0 Å². The SMILES string of the molecule is COc1ccc(F)cc1S(=O)(=O)NCCNc1cc(N2CCCCC2)nc(C)n1. The molecule has 10 heteroatoms. The molecule has 1 aromatic heterocycles. The average Bonchev–Trinajstić information content (AvgIpc) is 2.71. The van der Waals surface area contributed by atoms with Crippen LogP contribution in [-0.4, -0.2) is 51.7 Å². The second-order valence-electron chi connectivity index (χ2n) is 6.83. The van der Waals surface area contributed by atoms with E-state index in [1.807, 2.05) is 13.0 Å². The van der Waals surface area contributed by atoms with Crippen LogP contribution in [0.5, 0.6) is 5.75 Å². The zero-order valence-corrected chi connectivity index (χ0v) is 17.4. The summed E-state index contributed by atoms with van der Waals surface area (Å²) in [4.78, 5) is 10.9. The first-order valence-electron chi connectivity index (χ1n) is 9.57. The molecule has 3 rings (SSSR count). The van der Waals surface area contributed by atoms with E-state index in [2.05, 4.69) is 24.9 Å². The minimum Gasteiger partial charge on any atom is -0.495 e. The molecule has 0 unspecified atom stereocenters. The van der Waals surface area contributed by atoms with Gasteiger partial charge in [-0.15, -0.1) is 0 Å². The van der Waals surface area contributed by atoms with E-state index < -0.39 is 15.8 Å². The Morgan fingerprint density at radius 3 is 2.62 bits per heavy atom. The van der Waals surface area contributed by atoms with Gasteiger partial charge in [-0.25, -0.2) is 27.5 Å². The number of nitrogens with zero attached hydrogens (tertiary/aromatic N) is 3. The van der Waals surface area contributed by atoms with Crippen LogP contribution in [0.1, 0.15) is 25.1 Å². The predicted octanol–water partition coefficient (Wildman–Crippen LogP) is 2.31. The Bertz CT molecular complexity index is 949. The van der Waals surface area contributed by atoms with Gasteiger partial charge in [0.25, 0.3) is 0 Å². The lowest BCUT2D eigenvalue weighted by Crippen LogP contribution is -2.31. The number of ether oxygens (including phenoxy) is 1. The number of sulfonamides is 1. The summed E-state index contributed by atoms with van der Waals surface area (Å²) in [5.41, 5.74) is 0. The maximum absolute atomic E-state index is 13.5. The Balaban J connectivity index is 1.60. The van der Waals surface area contributed by atoms with Crippen LogP contribution >= 0.6 is 0 Å². The third-order valence-electron chi connectivity index (χ3n) is 4.64. The van der Waals surface area contributed by atoms with Gasteiger partial charge < -0.3 is 15.0 Å². The Labute approximate surface area is 170 Å². The van der Waals surface area contributed by atoms with Crippen molar-refractivity contribution in [2.45, 2.75) is 31.1 Å². The predicted molar refractivity (Wildman–Crippen MR) is 109 cm³/mol. The Kier molecular flexibility index (Phi) is 6.86. The van der Waals surface area contributed by atoms with Crippen molar-refractivity contribution in [3.05, 3.63) is 35.9 Å². The molecule has 8 nitrogen and oxygen atoms in total. The molecule has 0 amide bonds. The normalized spacial score (nSPS) is 14.7. The molecular weight excluding hydrogens is 397 g/mol. The van der Waals surface area contributed by atoms with Gasteiger partial charge >= 0.3 is 0 Å². The van der Waals surface area contributed by atoms with Crippen molar-refractivity contribution < 1.29 is 17.5 Å². The molecule has 0 spiro atoms. The molecular formula is C19H26FN5O3S. The second kappa shape index (κ2) is 9.36. The van der Waals surface area contributed by atoms with E-state index in [0.717, 1.165) is 43.9 Å². The highest BCUT2D eigenvalue weighted by atomic mass is 32.2. The molecule has 0 atom stereocenters. The fourth-order valence-corrected chi connectivity index (χ4v) is 4.45. The average molecular weight is 424 g/mol. The largest absolute Gasteiger partial charge is 0.495 e. The van der Waals surface area contributed by atoms with Gasteiger partial charge in [-0.3, -0.25) is 0 Å². The lowest BCUT2D eigenvalue weighted by molar-refractivity contribution is 0.400. The highest BCUT2D eigenvalue weighted by Crippen LogP contribution is 2.24. The van der Waals surface area contributed by atoms with Crippen molar-refractivity contribution in [3.63, 3.8) is 0 Å². The molecule has 0 aliphatic carbocycles. The van der Waals surface area contributed by atoms with Gasteiger partial charge in [0.05, 0.1) is 7.11 Å². The number of aryl methyl sites for hydroxylation is 1. The maximum Gasteiger partial charge on any atom is 0.244 e. The number of halogens is 1. The van der Waals surface area contributed by atoms with E-state index in [0.29, 0.717) is 18.2 Å². The number of benzene rings is 1. The van der Waals surface area contributed by atoms with Gasteiger partial charge in [0.2, 0.25) is 10.0 Å². The summed E-state index contributed by atoms with van der Waals surface area (Å²) in [6, 6.07) is 5.25. The molecule has 2 heterocycles. The van der Waals surface area contributed by atoms with Crippen LogP contribution < -0.4 is 19.7 Å². The zero-order chi connectivity index (χ0) is 20.9. The number of anilines is 2. The van der Waals surface area contributed by atoms with Gasteiger partial charge in [0.1, 0.15) is 33.9 Å². The molecule has 1 fully saturated rings. The summed E-state index contributed by atoms with van der Waals surface area (Å²) in [7, 11) is -2.57. The van der Waals surface area contributed by atoms with Gasteiger partial charge in [0.15, 0.2) is 0 Å². The molecule has 2 aromatic rings. The van der Waals surface area contributed by atoms with Crippen LogP contribution in [-0.2, 0) is 10.0 Å². The number of hydrogen-bond acceptors (Lipinski definition) is 7. The Morgan fingerprint density at radius 1 is 1.14 bits per heavy atom. The summed E-state index contributed by atoms with van der Waals surface area (Å²) < 4.78 is 45.9. The topological polar surface area (TPSA) is 96.5 Å². The second-order valence-corrected chi connectivity index (χ2v) is 8.56. The molecule has 1 aliphatic heterocycles. The molecule has 158 valence electrons.